The molecule has 0 spiro atoms. The first-order chi connectivity index (χ1) is 15.0. The Hall–Kier alpha value is -2.18. The van der Waals surface area contributed by atoms with Crippen molar-refractivity contribution in [2.24, 2.45) is 11.1 Å². The molecule has 32 heavy (non-hydrogen) atoms. The number of piperidine rings is 1. The molecule has 1 aliphatic rings. The molecule has 0 bridgehead atoms. The van der Waals surface area contributed by atoms with Crippen molar-refractivity contribution in [3.8, 4) is 5.75 Å². The van der Waals surface area contributed by atoms with E-state index < -0.39 is 20.0 Å². The van der Waals surface area contributed by atoms with Crippen molar-refractivity contribution in [2.45, 2.75) is 29.2 Å². The maximum Gasteiger partial charge on any atom is 0.246 e. The second kappa shape index (κ2) is 9.75. The van der Waals surface area contributed by atoms with Gasteiger partial charge in [0, 0.05) is 30.6 Å². The molecular weight excluding hydrogens is 478 g/mol. The third-order valence-electron chi connectivity index (χ3n) is 5.29. The third kappa shape index (κ3) is 5.59. The first kappa shape index (κ1) is 24.5. The lowest BCUT2D eigenvalue weighted by Gasteiger charge is -2.31. The van der Waals surface area contributed by atoms with E-state index in [1.165, 1.54) is 35.7 Å². The van der Waals surface area contributed by atoms with Gasteiger partial charge in [-0.3, -0.25) is 4.79 Å². The van der Waals surface area contributed by atoms with E-state index in [4.69, 9.17) is 21.5 Å². The van der Waals surface area contributed by atoms with Crippen molar-refractivity contribution >= 4 is 37.6 Å². The summed E-state index contributed by atoms with van der Waals surface area (Å²) in [6.45, 7) is 0.611. The molecule has 1 fully saturated rings. The summed E-state index contributed by atoms with van der Waals surface area (Å²) >= 11 is 5.97. The molecule has 9 nitrogen and oxygen atoms in total. The number of amides is 1. The largest absolute Gasteiger partial charge is 0.495 e. The SMILES string of the molecule is COc1ccc(Cl)cc1S(=O)(=O)N1CCC(C(=O)NCc2ccc(S(N)(=O)=O)cc2)CC1. The number of methoxy groups -OCH3 is 1. The molecule has 2 aromatic carbocycles. The molecule has 0 aliphatic carbocycles. The highest BCUT2D eigenvalue weighted by Gasteiger charge is 2.33. The fourth-order valence-electron chi connectivity index (χ4n) is 3.48. The molecule has 1 saturated heterocycles. The number of hydrogen-bond acceptors (Lipinski definition) is 6. The Bertz CT molecular complexity index is 1190. The Morgan fingerprint density at radius 2 is 1.75 bits per heavy atom. The van der Waals surface area contributed by atoms with Gasteiger partial charge >= 0.3 is 0 Å². The van der Waals surface area contributed by atoms with Gasteiger partial charge in [0.2, 0.25) is 26.0 Å². The van der Waals surface area contributed by atoms with Crippen LogP contribution in [-0.2, 0) is 31.4 Å². The predicted octanol–water partition coefficient (Wildman–Crippen LogP) is 1.71. The van der Waals surface area contributed by atoms with Crippen LogP contribution in [0.3, 0.4) is 0 Å². The highest BCUT2D eigenvalue weighted by atomic mass is 35.5. The van der Waals surface area contributed by atoms with E-state index in [2.05, 4.69) is 5.32 Å². The van der Waals surface area contributed by atoms with Crippen LogP contribution in [0.1, 0.15) is 18.4 Å². The Labute approximate surface area is 192 Å². The summed E-state index contributed by atoms with van der Waals surface area (Å²) in [5.74, 6) is -0.299. The summed E-state index contributed by atoms with van der Waals surface area (Å²) in [4.78, 5) is 12.5. The van der Waals surface area contributed by atoms with Gasteiger partial charge in [0.15, 0.2) is 0 Å². The second-order valence-corrected chi connectivity index (χ2v) is 11.3. The number of hydrogen-bond donors (Lipinski definition) is 2. The van der Waals surface area contributed by atoms with Gasteiger partial charge in [0.1, 0.15) is 10.6 Å². The number of nitrogens with two attached hydrogens (primary N) is 1. The molecule has 12 heteroatoms. The van der Waals surface area contributed by atoms with Gasteiger partial charge in [-0.25, -0.2) is 22.0 Å². The molecule has 174 valence electrons. The molecule has 0 saturated carbocycles. The van der Waals surface area contributed by atoms with Crippen LogP contribution in [0.5, 0.6) is 5.75 Å². The van der Waals surface area contributed by atoms with Crippen LogP contribution in [0.25, 0.3) is 0 Å². The zero-order chi connectivity index (χ0) is 23.5. The lowest BCUT2D eigenvalue weighted by atomic mass is 9.97. The Morgan fingerprint density at radius 3 is 2.31 bits per heavy atom. The summed E-state index contributed by atoms with van der Waals surface area (Å²) in [7, 11) is -6.19. The smallest absolute Gasteiger partial charge is 0.246 e. The van der Waals surface area contributed by atoms with Crippen molar-refractivity contribution in [1.82, 2.24) is 9.62 Å². The Kier molecular flexibility index (Phi) is 7.46. The molecule has 1 amide bonds. The van der Waals surface area contributed by atoms with Crippen molar-refractivity contribution in [3.05, 3.63) is 53.1 Å². The van der Waals surface area contributed by atoms with E-state index in [0.717, 1.165) is 5.56 Å². The van der Waals surface area contributed by atoms with Gasteiger partial charge in [-0.05, 0) is 48.7 Å². The van der Waals surface area contributed by atoms with Gasteiger partial charge < -0.3 is 10.1 Å². The lowest BCUT2D eigenvalue weighted by Crippen LogP contribution is -2.42. The van der Waals surface area contributed by atoms with Crippen molar-refractivity contribution < 1.29 is 26.4 Å². The molecule has 3 rings (SSSR count). The first-order valence-corrected chi connectivity index (χ1v) is 13.1. The number of benzene rings is 2. The van der Waals surface area contributed by atoms with Gasteiger partial charge in [-0.15, -0.1) is 0 Å². The summed E-state index contributed by atoms with van der Waals surface area (Å²) in [5, 5.41) is 8.17. The van der Waals surface area contributed by atoms with Crippen LogP contribution in [-0.4, -0.2) is 47.2 Å². The molecule has 0 atom stereocenters. The summed E-state index contributed by atoms with van der Waals surface area (Å²) in [6.07, 6.45) is 0.747. The minimum atomic E-state index is -3.81. The number of carbonyl (C=O) groups is 1. The van der Waals surface area contributed by atoms with Crippen molar-refractivity contribution in [1.29, 1.82) is 0 Å². The van der Waals surface area contributed by atoms with E-state index in [0.29, 0.717) is 12.8 Å². The predicted molar refractivity (Wildman–Crippen MR) is 119 cm³/mol. The average Bonchev–Trinajstić information content (AvgIpc) is 2.77. The van der Waals surface area contributed by atoms with E-state index in [-0.39, 0.29) is 52.0 Å². The molecule has 0 aromatic heterocycles. The normalized spacial score (nSPS) is 16.0. The standard InChI is InChI=1S/C20H24ClN3O6S2/c1-30-18-7-4-16(21)12-19(18)32(28,29)24-10-8-15(9-11-24)20(25)23-13-14-2-5-17(6-3-14)31(22,26)27/h2-7,12,15H,8-11,13H2,1H3,(H,23,25)(H2,22,26,27). The number of halogens is 1. The van der Waals surface area contributed by atoms with Gasteiger partial charge in [-0.2, -0.15) is 4.31 Å². The van der Waals surface area contributed by atoms with Crippen LogP contribution in [0, 0.1) is 5.92 Å². The van der Waals surface area contributed by atoms with Crippen LogP contribution in [0.2, 0.25) is 5.02 Å². The topological polar surface area (TPSA) is 136 Å². The molecule has 0 unspecified atom stereocenters. The maximum absolute atomic E-state index is 13.0. The second-order valence-electron chi connectivity index (χ2n) is 7.38. The monoisotopic (exact) mass is 501 g/mol. The summed E-state index contributed by atoms with van der Waals surface area (Å²) in [6, 6.07) is 10.3. The minimum absolute atomic E-state index is 0.00154. The number of nitrogens with zero attached hydrogens (tertiary/aromatic N) is 1. The first-order valence-electron chi connectivity index (χ1n) is 9.75. The van der Waals surface area contributed by atoms with Crippen LogP contribution >= 0.6 is 11.6 Å². The number of nitrogens with one attached hydrogen (secondary N) is 1. The highest BCUT2D eigenvalue weighted by Crippen LogP contribution is 2.31. The highest BCUT2D eigenvalue weighted by molar-refractivity contribution is 7.89. The fourth-order valence-corrected chi connectivity index (χ4v) is 5.88. The Morgan fingerprint density at radius 1 is 1.12 bits per heavy atom. The Balaban J connectivity index is 1.58. The lowest BCUT2D eigenvalue weighted by molar-refractivity contribution is -0.126. The molecule has 1 heterocycles. The summed E-state index contributed by atoms with van der Waals surface area (Å²) in [5.41, 5.74) is 0.721. The number of primary sulfonamides is 1. The molecule has 1 aliphatic heterocycles. The van der Waals surface area contributed by atoms with E-state index >= 15 is 0 Å². The van der Waals surface area contributed by atoms with Crippen molar-refractivity contribution in [3.63, 3.8) is 0 Å². The quantitative estimate of drug-likeness (QED) is 0.592. The van der Waals surface area contributed by atoms with Gasteiger partial charge in [0.25, 0.3) is 0 Å². The van der Waals surface area contributed by atoms with Crippen molar-refractivity contribution in [2.75, 3.05) is 20.2 Å². The zero-order valence-corrected chi connectivity index (χ0v) is 19.7. The van der Waals surface area contributed by atoms with E-state index in [9.17, 15) is 21.6 Å². The molecule has 3 N–H and O–H groups in total. The van der Waals surface area contributed by atoms with Crippen LogP contribution in [0.15, 0.2) is 52.3 Å². The summed E-state index contributed by atoms with van der Waals surface area (Å²) < 4.78 is 55.2. The molecule has 2 aromatic rings. The average molecular weight is 502 g/mol. The van der Waals surface area contributed by atoms with Gasteiger partial charge in [0.05, 0.1) is 12.0 Å². The number of ether oxygens (including phenoxy) is 1. The fraction of sp³-hybridized carbons (Fsp3) is 0.350. The molecule has 0 radical (unpaired) electrons. The third-order valence-corrected chi connectivity index (χ3v) is 8.37. The van der Waals surface area contributed by atoms with E-state index in [1.807, 2.05) is 0 Å². The zero-order valence-electron chi connectivity index (χ0n) is 17.3. The number of sulfonamides is 2. The number of rotatable bonds is 7. The minimum Gasteiger partial charge on any atom is -0.495 e. The van der Waals surface area contributed by atoms with E-state index in [1.54, 1.807) is 18.2 Å². The maximum atomic E-state index is 13.0. The molecular formula is C20H24ClN3O6S2. The van der Waals surface area contributed by atoms with Gasteiger partial charge in [-0.1, -0.05) is 23.7 Å². The van der Waals surface area contributed by atoms with Crippen LogP contribution in [0.4, 0.5) is 0 Å². The number of carbonyl (C=O) groups excluding carboxylic acids is 1. The van der Waals surface area contributed by atoms with Crippen LogP contribution < -0.4 is 15.2 Å².